The Kier molecular flexibility index (Phi) is 6.67. The number of hydrogen-bond acceptors (Lipinski definition) is 3. The Morgan fingerprint density at radius 3 is 2.74 bits per heavy atom. The molecule has 0 saturated heterocycles. The van der Waals surface area contributed by atoms with Gasteiger partial charge in [-0.15, -0.1) is 12.4 Å². The van der Waals surface area contributed by atoms with E-state index >= 15 is 0 Å². The first-order valence-electron chi connectivity index (χ1n) is 6.51. The van der Waals surface area contributed by atoms with E-state index in [2.05, 4.69) is 17.4 Å². The molecule has 0 atom stereocenters. The molecule has 1 aromatic carbocycles. The molecular formula is C14H21ClN2O2. The zero-order chi connectivity index (χ0) is 12.8. The third-order valence-corrected chi connectivity index (χ3v) is 3.16. The lowest BCUT2D eigenvalue weighted by Crippen LogP contribution is -2.32. The fourth-order valence-electron chi connectivity index (χ4n) is 2.21. The first-order chi connectivity index (χ1) is 8.79. The minimum atomic E-state index is -0.127. The zero-order valence-corrected chi connectivity index (χ0v) is 11.8. The predicted molar refractivity (Wildman–Crippen MR) is 77.9 cm³/mol. The van der Waals surface area contributed by atoms with Gasteiger partial charge in [-0.05, 0) is 48.9 Å². The Morgan fingerprint density at radius 2 is 2.00 bits per heavy atom. The summed E-state index contributed by atoms with van der Waals surface area (Å²) in [7, 11) is 0. The highest BCUT2D eigenvalue weighted by atomic mass is 35.5. The number of nitrogens with one attached hydrogen (secondary N) is 1. The van der Waals surface area contributed by atoms with Crippen LogP contribution in [0.25, 0.3) is 0 Å². The average Bonchev–Trinajstić information content (AvgIpc) is 2.42. The van der Waals surface area contributed by atoms with Crippen LogP contribution in [0.1, 0.15) is 24.0 Å². The fraction of sp³-hybridized carbons (Fsp3) is 0.500. The molecule has 19 heavy (non-hydrogen) atoms. The van der Waals surface area contributed by atoms with Crippen LogP contribution in [-0.4, -0.2) is 25.6 Å². The number of amides is 1. The van der Waals surface area contributed by atoms with Crippen molar-refractivity contribution in [3.05, 3.63) is 29.3 Å². The molecule has 2 rings (SSSR count). The summed E-state index contributed by atoms with van der Waals surface area (Å²) in [4.78, 5) is 11.4. The van der Waals surface area contributed by atoms with Crippen molar-refractivity contribution in [1.29, 1.82) is 0 Å². The molecule has 3 N–H and O–H groups in total. The average molecular weight is 285 g/mol. The van der Waals surface area contributed by atoms with Crippen LogP contribution < -0.4 is 15.8 Å². The SMILES string of the molecule is Cl.NCCNC(=O)COc1ccc2c(c1)CCCC2. The van der Waals surface area contributed by atoms with E-state index in [0.717, 1.165) is 18.6 Å². The molecule has 1 aliphatic rings. The highest BCUT2D eigenvalue weighted by molar-refractivity contribution is 5.85. The van der Waals surface area contributed by atoms with Crippen molar-refractivity contribution >= 4 is 18.3 Å². The molecule has 0 radical (unpaired) electrons. The Bertz CT molecular complexity index is 424. The van der Waals surface area contributed by atoms with Crippen LogP contribution in [-0.2, 0) is 17.6 Å². The molecule has 0 heterocycles. The van der Waals surface area contributed by atoms with Crippen molar-refractivity contribution in [2.75, 3.05) is 19.7 Å². The summed E-state index contributed by atoms with van der Waals surface area (Å²) in [6.45, 7) is 0.996. The van der Waals surface area contributed by atoms with Crippen LogP contribution in [0, 0.1) is 0 Å². The van der Waals surface area contributed by atoms with E-state index < -0.39 is 0 Å². The van der Waals surface area contributed by atoms with Crippen molar-refractivity contribution in [2.45, 2.75) is 25.7 Å². The molecule has 0 fully saturated rings. The highest BCUT2D eigenvalue weighted by Gasteiger charge is 2.10. The normalized spacial score (nSPS) is 13.1. The van der Waals surface area contributed by atoms with Gasteiger partial charge in [-0.25, -0.2) is 0 Å². The third-order valence-electron chi connectivity index (χ3n) is 3.16. The maximum atomic E-state index is 11.4. The van der Waals surface area contributed by atoms with Gasteiger partial charge < -0.3 is 15.8 Å². The maximum absolute atomic E-state index is 11.4. The lowest BCUT2D eigenvalue weighted by molar-refractivity contribution is -0.123. The first kappa shape index (κ1) is 15.8. The van der Waals surface area contributed by atoms with Crippen LogP contribution in [0.15, 0.2) is 18.2 Å². The van der Waals surface area contributed by atoms with E-state index in [-0.39, 0.29) is 24.9 Å². The standard InChI is InChI=1S/C14H20N2O2.ClH/c15-7-8-16-14(17)10-18-13-6-5-11-3-1-2-4-12(11)9-13;/h5-6,9H,1-4,7-8,10,15H2,(H,16,17);1H. The van der Waals surface area contributed by atoms with E-state index in [9.17, 15) is 4.79 Å². The number of ether oxygens (including phenoxy) is 1. The number of benzene rings is 1. The van der Waals surface area contributed by atoms with E-state index in [4.69, 9.17) is 10.5 Å². The zero-order valence-electron chi connectivity index (χ0n) is 11.0. The number of carbonyl (C=O) groups excluding carboxylic acids is 1. The second kappa shape index (κ2) is 8.02. The van der Waals surface area contributed by atoms with Gasteiger partial charge in [0.25, 0.3) is 5.91 Å². The Hall–Kier alpha value is -1.26. The summed E-state index contributed by atoms with van der Waals surface area (Å²) in [5.74, 6) is 0.650. The number of hydrogen-bond donors (Lipinski definition) is 2. The largest absolute Gasteiger partial charge is 0.484 e. The van der Waals surface area contributed by atoms with Crippen LogP contribution >= 0.6 is 12.4 Å². The number of nitrogens with two attached hydrogens (primary N) is 1. The Morgan fingerprint density at radius 1 is 1.26 bits per heavy atom. The van der Waals surface area contributed by atoms with E-state index in [1.807, 2.05) is 6.07 Å². The topological polar surface area (TPSA) is 64.3 Å². The molecule has 4 nitrogen and oxygen atoms in total. The minimum absolute atomic E-state index is 0. The van der Waals surface area contributed by atoms with E-state index in [0.29, 0.717) is 13.1 Å². The van der Waals surface area contributed by atoms with Crippen LogP contribution in [0.2, 0.25) is 0 Å². The molecule has 0 saturated carbocycles. The van der Waals surface area contributed by atoms with Gasteiger partial charge in [-0.2, -0.15) is 0 Å². The second-order valence-corrected chi connectivity index (χ2v) is 4.56. The number of fused-ring (bicyclic) bond motifs is 1. The van der Waals surface area contributed by atoms with Gasteiger partial charge in [-0.1, -0.05) is 6.07 Å². The van der Waals surface area contributed by atoms with Gasteiger partial charge in [-0.3, -0.25) is 4.79 Å². The van der Waals surface area contributed by atoms with Crippen molar-refractivity contribution < 1.29 is 9.53 Å². The lowest BCUT2D eigenvalue weighted by Gasteiger charge is -2.16. The van der Waals surface area contributed by atoms with Gasteiger partial charge in [0.2, 0.25) is 0 Å². The maximum Gasteiger partial charge on any atom is 0.257 e. The smallest absolute Gasteiger partial charge is 0.257 e. The number of halogens is 1. The molecule has 106 valence electrons. The predicted octanol–water partition coefficient (Wildman–Crippen LogP) is 1.44. The molecule has 1 aromatic rings. The van der Waals surface area contributed by atoms with E-state index in [1.54, 1.807) is 0 Å². The van der Waals surface area contributed by atoms with Crippen LogP contribution in [0.5, 0.6) is 5.75 Å². The van der Waals surface area contributed by atoms with E-state index in [1.165, 1.54) is 24.0 Å². The summed E-state index contributed by atoms with van der Waals surface area (Å²) in [5, 5.41) is 2.68. The van der Waals surface area contributed by atoms with Gasteiger partial charge >= 0.3 is 0 Å². The monoisotopic (exact) mass is 284 g/mol. The molecule has 5 heteroatoms. The molecule has 1 aliphatic carbocycles. The highest BCUT2D eigenvalue weighted by Crippen LogP contribution is 2.25. The molecular weight excluding hydrogens is 264 g/mol. The van der Waals surface area contributed by atoms with Crippen molar-refractivity contribution in [3.8, 4) is 5.75 Å². The molecule has 0 bridgehead atoms. The summed E-state index contributed by atoms with van der Waals surface area (Å²) in [5.41, 5.74) is 8.08. The molecule has 0 spiro atoms. The van der Waals surface area contributed by atoms with Gasteiger partial charge in [0.05, 0.1) is 0 Å². The number of rotatable bonds is 5. The van der Waals surface area contributed by atoms with Crippen molar-refractivity contribution in [3.63, 3.8) is 0 Å². The summed E-state index contributed by atoms with van der Waals surface area (Å²) in [6, 6.07) is 6.12. The van der Waals surface area contributed by atoms with Gasteiger partial charge in [0.1, 0.15) is 5.75 Å². The summed E-state index contributed by atoms with van der Waals surface area (Å²) < 4.78 is 5.48. The van der Waals surface area contributed by atoms with Crippen LogP contribution in [0.4, 0.5) is 0 Å². The first-order valence-corrected chi connectivity index (χ1v) is 6.51. The van der Waals surface area contributed by atoms with Gasteiger partial charge in [0.15, 0.2) is 6.61 Å². The molecule has 0 unspecified atom stereocenters. The molecule has 0 aliphatic heterocycles. The van der Waals surface area contributed by atoms with Crippen molar-refractivity contribution in [2.24, 2.45) is 5.73 Å². The third kappa shape index (κ3) is 4.73. The quantitative estimate of drug-likeness (QED) is 0.860. The number of carbonyl (C=O) groups is 1. The molecule has 0 aromatic heterocycles. The second-order valence-electron chi connectivity index (χ2n) is 4.56. The number of aryl methyl sites for hydroxylation is 2. The minimum Gasteiger partial charge on any atom is -0.484 e. The lowest BCUT2D eigenvalue weighted by atomic mass is 9.92. The summed E-state index contributed by atoms with van der Waals surface area (Å²) in [6.07, 6.45) is 4.79. The Labute approximate surface area is 120 Å². The molecule has 1 amide bonds. The fourth-order valence-corrected chi connectivity index (χ4v) is 2.21. The summed E-state index contributed by atoms with van der Waals surface area (Å²) >= 11 is 0. The Balaban J connectivity index is 0.00000180. The van der Waals surface area contributed by atoms with Gasteiger partial charge in [0, 0.05) is 13.1 Å². The van der Waals surface area contributed by atoms with Crippen LogP contribution in [0.3, 0.4) is 0 Å². The van der Waals surface area contributed by atoms with Crippen molar-refractivity contribution in [1.82, 2.24) is 5.32 Å².